The molecule has 0 aliphatic heterocycles. The third kappa shape index (κ3) is 6.00. The molecule has 1 N–H and O–H groups in total. The number of sulfone groups is 1. The zero-order valence-electron chi connectivity index (χ0n) is 14.9. The zero-order chi connectivity index (χ0) is 20.0. The molecule has 1 unspecified atom stereocenters. The smallest absolute Gasteiger partial charge is 0.235 e. The van der Waals surface area contributed by atoms with Crippen molar-refractivity contribution < 1.29 is 13.2 Å². The van der Waals surface area contributed by atoms with E-state index >= 15 is 0 Å². The molecule has 9 heteroatoms. The number of rotatable bonds is 8. The Labute approximate surface area is 171 Å². The molecule has 7 nitrogen and oxygen atoms in total. The van der Waals surface area contributed by atoms with E-state index in [1.807, 2.05) is 36.4 Å². The van der Waals surface area contributed by atoms with Crippen LogP contribution in [0.25, 0.3) is 0 Å². The first-order chi connectivity index (χ1) is 13.4. The Hall–Kier alpha value is -2.52. The first kappa shape index (κ1) is 20.2. The number of aromatic nitrogens is 3. The van der Waals surface area contributed by atoms with E-state index in [-0.39, 0.29) is 5.75 Å². The maximum atomic E-state index is 12.5. The standard InChI is InChI=1S/C19H19BrN4O3S/c20-17-8-4-5-15(9-17)11-28(26,27)12-19(25)23-18(10-24-14-21-13-22-24)16-6-2-1-3-7-16/h1-9,13-14,18H,10-12H2,(H,23,25). The summed E-state index contributed by atoms with van der Waals surface area (Å²) in [7, 11) is -3.61. The fraction of sp³-hybridized carbons (Fsp3) is 0.211. The molecule has 2 aromatic carbocycles. The fourth-order valence-electron chi connectivity index (χ4n) is 2.80. The number of nitrogens with one attached hydrogen (secondary N) is 1. The van der Waals surface area contributed by atoms with Crippen LogP contribution in [0.5, 0.6) is 0 Å². The first-order valence-corrected chi connectivity index (χ1v) is 11.1. The third-order valence-corrected chi connectivity index (χ3v) is 5.97. The monoisotopic (exact) mass is 462 g/mol. The second-order valence-corrected chi connectivity index (χ2v) is 9.29. The maximum absolute atomic E-state index is 12.5. The summed E-state index contributed by atoms with van der Waals surface area (Å²) < 4.78 is 27.3. The molecule has 0 spiro atoms. The molecule has 0 aliphatic rings. The van der Waals surface area contributed by atoms with Crippen LogP contribution >= 0.6 is 15.9 Å². The van der Waals surface area contributed by atoms with Crippen molar-refractivity contribution in [2.24, 2.45) is 0 Å². The Balaban J connectivity index is 1.69. The minimum atomic E-state index is -3.61. The van der Waals surface area contributed by atoms with Gasteiger partial charge in [-0.2, -0.15) is 5.10 Å². The zero-order valence-corrected chi connectivity index (χ0v) is 17.3. The molecule has 1 atom stereocenters. The van der Waals surface area contributed by atoms with E-state index < -0.39 is 27.5 Å². The van der Waals surface area contributed by atoms with Gasteiger partial charge in [0.1, 0.15) is 18.4 Å². The minimum absolute atomic E-state index is 0.195. The lowest BCUT2D eigenvalue weighted by Gasteiger charge is -2.19. The Bertz CT molecular complexity index is 1020. The van der Waals surface area contributed by atoms with Crippen LogP contribution in [-0.4, -0.2) is 34.8 Å². The summed E-state index contributed by atoms with van der Waals surface area (Å²) in [5, 5.41) is 6.87. The molecule has 0 fully saturated rings. The normalized spacial score (nSPS) is 12.5. The van der Waals surface area contributed by atoms with Gasteiger partial charge in [-0.05, 0) is 23.3 Å². The Morgan fingerprint density at radius 2 is 1.93 bits per heavy atom. The molecular formula is C19H19BrN4O3S. The molecule has 146 valence electrons. The van der Waals surface area contributed by atoms with Crippen LogP contribution in [0.4, 0.5) is 0 Å². The van der Waals surface area contributed by atoms with Crippen LogP contribution in [0.3, 0.4) is 0 Å². The van der Waals surface area contributed by atoms with Crippen molar-refractivity contribution in [2.45, 2.75) is 18.3 Å². The van der Waals surface area contributed by atoms with Crippen molar-refractivity contribution in [1.29, 1.82) is 0 Å². The summed E-state index contributed by atoms with van der Waals surface area (Å²) in [5.74, 6) is -1.33. The van der Waals surface area contributed by atoms with E-state index in [1.54, 1.807) is 29.2 Å². The number of hydrogen-bond donors (Lipinski definition) is 1. The SMILES string of the molecule is O=C(CS(=O)(=O)Cc1cccc(Br)c1)NC(Cn1cncn1)c1ccccc1. The van der Waals surface area contributed by atoms with Crippen molar-refractivity contribution >= 4 is 31.7 Å². The van der Waals surface area contributed by atoms with Gasteiger partial charge in [0.2, 0.25) is 5.91 Å². The van der Waals surface area contributed by atoms with Gasteiger partial charge in [-0.3, -0.25) is 9.48 Å². The quantitative estimate of drug-likeness (QED) is 0.554. The lowest BCUT2D eigenvalue weighted by atomic mass is 10.1. The molecule has 3 aromatic rings. The molecule has 0 saturated carbocycles. The Morgan fingerprint density at radius 1 is 1.14 bits per heavy atom. The maximum Gasteiger partial charge on any atom is 0.235 e. The molecular weight excluding hydrogens is 444 g/mol. The van der Waals surface area contributed by atoms with Gasteiger partial charge in [0, 0.05) is 4.47 Å². The largest absolute Gasteiger partial charge is 0.347 e. The van der Waals surface area contributed by atoms with Gasteiger partial charge in [0.25, 0.3) is 0 Å². The number of nitrogens with zero attached hydrogens (tertiary/aromatic N) is 3. The Morgan fingerprint density at radius 3 is 2.61 bits per heavy atom. The summed E-state index contributed by atoms with van der Waals surface area (Å²) >= 11 is 3.32. The topological polar surface area (TPSA) is 94.0 Å². The lowest BCUT2D eigenvalue weighted by molar-refractivity contribution is -0.119. The van der Waals surface area contributed by atoms with Crippen LogP contribution in [0.15, 0.2) is 71.7 Å². The minimum Gasteiger partial charge on any atom is -0.347 e. The predicted octanol–water partition coefficient (Wildman–Crippen LogP) is 2.51. The predicted molar refractivity (Wildman–Crippen MR) is 109 cm³/mol. The van der Waals surface area contributed by atoms with Gasteiger partial charge >= 0.3 is 0 Å². The van der Waals surface area contributed by atoms with E-state index in [0.29, 0.717) is 12.1 Å². The number of halogens is 1. The third-order valence-electron chi connectivity index (χ3n) is 4.00. The van der Waals surface area contributed by atoms with Gasteiger partial charge in [-0.15, -0.1) is 0 Å². The average Bonchev–Trinajstić information content (AvgIpc) is 3.14. The molecule has 0 radical (unpaired) electrons. The van der Waals surface area contributed by atoms with E-state index in [0.717, 1.165) is 10.0 Å². The van der Waals surface area contributed by atoms with Crippen LogP contribution < -0.4 is 5.32 Å². The van der Waals surface area contributed by atoms with E-state index in [4.69, 9.17) is 0 Å². The average molecular weight is 463 g/mol. The van der Waals surface area contributed by atoms with Gasteiger partial charge < -0.3 is 5.32 Å². The summed E-state index contributed by atoms with van der Waals surface area (Å²) in [6, 6.07) is 16.0. The van der Waals surface area contributed by atoms with Gasteiger partial charge in [0.15, 0.2) is 9.84 Å². The molecule has 0 bridgehead atoms. The Kier molecular flexibility index (Phi) is 6.58. The number of amides is 1. The van der Waals surface area contributed by atoms with Gasteiger partial charge in [0.05, 0.1) is 18.3 Å². The molecule has 1 heterocycles. The molecule has 1 amide bonds. The summed E-state index contributed by atoms with van der Waals surface area (Å²) in [5.41, 5.74) is 1.49. The van der Waals surface area contributed by atoms with Crippen molar-refractivity contribution in [3.8, 4) is 0 Å². The number of benzene rings is 2. The molecule has 0 saturated heterocycles. The highest BCUT2D eigenvalue weighted by Crippen LogP contribution is 2.16. The highest BCUT2D eigenvalue weighted by atomic mass is 79.9. The number of hydrogen-bond acceptors (Lipinski definition) is 5. The van der Waals surface area contributed by atoms with Crippen LogP contribution in [0, 0.1) is 0 Å². The first-order valence-electron chi connectivity index (χ1n) is 8.53. The summed E-state index contributed by atoms with van der Waals surface area (Å²) in [6.07, 6.45) is 2.96. The van der Waals surface area contributed by atoms with Gasteiger partial charge in [-0.25, -0.2) is 13.4 Å². The van der Waals surface area contributed by atoms with Crippen LogP contribution in [0.2, 0.25) is 0 Å². The second kappa shape index (κ2) is 9.11. The highest BCUT2D eigenvalue weighted by Gasteiger charge is 2.21. The number of carbonyl (C=O) groups is 1. The number of carbonyl (C=O) groups excluding carboxylic acids is 1. The summed E-state index contributed by atoms with van der Waals surface area (Å²) in [4.78, 5) is 16.4. The van der Waals surface area contributed by atoms with Crippen molar-refractivity contribution in [3.63, 3.8) is 0 Å². The van der Waals surface area contributed by atoms with Crippen molar-refractivity contribution in [2.75, 3.05) is 5.75 Å². The van der Waals surface area contributed by atoms with E-state index in [1.165, 1.54) is 6.33 Å². The van der Waals surface area contributed by atoms with Gasteiger partial charge in [-0.1, -0.05) is 58.4 Å². The van der Waals surface area contributed by atoms with Crippen molar-refractivity contribution in [1.82, 2.24) is 20.1 Å². The molecule has 0 aliphatic carbocycles. The van der Waals surface area contributed by atoms with Crippen LogP contribution in [-0.2, 0) is 26.9 Å². The van der Waals surface area contributed by atoms with E-state index in [9.17, 15) is 13.2 Å². The van der Waals surface area contributed by atoms with E-state index in [2.05, 4.69) is 31.3 Å². The second-order valence-electron chi connectivity index (χ2n) is 6.31. The fourth-order valence-corrected chi connectivity index (χ4v) is 4.52. The lowest BCUT2D eigenvalue weighted by Crippen LogP contribution is -2.36. The van der Waals surface area contributed by atoms with Crippen LogP contribution in [0.1, 0.15) is 17.2 Å². The molecule has 28 heavy (non-hydrogen) atoms. The molecule has 3 rings (SSSR count). The highest BCUT2D eigenvalue weighted by molar-refractivity contribution is 9.10. The molecule has 1 aromatic heterocycles. The van der Waals surface area contributed by atoms with Crippen molar-refractivity contribution in [3.05, 3.63) is 82.9 Å². The summed E-state index contributed by atoms with van der Waals surface area (Å²) in [6.45, 7) is 0.349.